The van der Waals surface area contributed by atoms with Crippen molar-refractivity contribution in [3.63, 3.8) is 0 Å². The lowest BCUT2D eigenvalue weighted by molar-refractivity contribution is -0.384. The zero-order chi connectivity index (χ0) is 13.7. The number of hydrogen-bond acceptors (Lipinski definition) is 4. The third kappa shape index (κ3) is 3.97. The molecule has 1 rings (SSSR count). The number of nitrogens with zero attached hydrogens (tertiary/aromatic N) is 1. The number of rotatable bonds is 5. The summed E-state index contributed by atoms with van der Waals surface area (Å²) in [6, 6.07) is 4.05. The number of nitrogens with one attached hydrogen (secondary N) is 1. The first-order chi connectivity index (χ1) is 8.43. The standard InChI is InChI=1S/C11H14ClN3O3/c1-7(6-13)4-11(16)14-8-2-3-10(15(17)18)9(12)5-8/h2-3,5,7H,4,6,13H2,1H3,(H,14,16). The highest BCUT2D eigenvalue weighted by molar-refractivity contribution is 6.33. The zero-order valence-corrected chi connectivity index (χ0v) is 10.6. The van der Waals surface area contributed by atoms with Gasteiger partial charge in [0.15, 0.2) is 0 Å². The largest absolute Gasteiger partial charge is 0.330 e. The fraction of sp³-hybridized carbons (Fsp3) is 0.364. The van der Waals surface area contributed by atoms with E-state index in [1.807, 2.05) is 6.92 Å². The first-order valence-electron chi connectivity index (χ1n) is 5.38. The second-order valence-corrected chi connectivity index (χ2v) is 4.42. The molecule has 6 nitrogen and oxygen atoms in total. The van der Waals surface area contributed by atoms with Crippen LogP contribution in [0.4, 0.5) is 11.4 Å². The molecule has 1 amide bonds. The minimum absolute atomic E-state index is 0.00956. The average Bonchev–Trinajstić information content (AvgIpc) is 2.28. The maximum Gasteiger partial charge on any atom is 0.288 e. The number of carbonyl (C=O) groups is 1. The minimum Gasteiger partial charge on any atom is -0.330 e. The van der Waals surface area contributed by atoms with Gasteiger partial charge in [-0.05, 0) is 24.6 Å². The summed E-state index contributed by atoms with van der Waals surface area (Å²) in [5.41, 5.74) is 5.66. The molecule has 1 unspecified atom stereocenters. The number of hydrogen-bond donors (Lipinski definition) is 2. The van der Waals surface area contributed by atoms with E-state index < -0.39 is 4.92 Å². The summed E-state index contributed by atoms with van der Waals surface area (Å²) < 4.78 is 0. The van der Waals surface area contributed by atoms with Crippen LogP contribution in [0.1, 0.15) is 13.3 Å². The molecule has 0 aromatic heterocycles. The van der Waals surface area contributed by atoms with Crippen LogP contribution in [0.3, 0.4) is 0 Å². The number of carbonyl (C=O) groups excluding carboxylic acids is 1. The van der Waals surface area contributed by atoms with Gasteiger partial charge in [0.2, 0.25) is 5.91 Å². The normalized spacial score (nSPS) is 11.9. The molecule has 0 aliphatic rings. The molecule has 0 saturated heterocycles. The van der Waals surface area contributed by atoms with Crippen LogP contribution in [0.5, 0.6) is 0 Å². The van der Waals surface area contributed by atoms with E-state index in [0.717, 1.165) is 0 Å². The van der Waals surface area contributed by atoms with Crippen LogP contribution in [-0.2, 0) is 4.79 Å². The van der Waals surface area contributed by atoms with Crippen LogP contribution in [-0.4, -0.2) is 17.4 Å². The van der Waals surface area contributed by atoms with Crippen molar-refractivity contribution in [3.05, 3.63) is 33.3 Å². The Morgan fingerprint density at radius 2 is 2.28 bits per heavy atom. The molecule has 0 radical (unpaired) electrons. The third-order valence-electron chi connectivity index (χ3n) is 2.36. The Morgan fingerprint density at radius 1 is 1.61 bits per heavy atom. The first kappa shape index (κ1) is 14.4. The summed E-state index contributed by atoms with van der Waals surface area (Å²) in [6.45, 7) is 2.29. The quantitative estimate of drug-likeness (QED) is 0.633. The molecule has 1 aromatic carbocycles. The van der Waals surface area contributed by atoms with Crippen LogP contribution in [0.15, 0.2) is 18.2 Å². The Labute approximate surface area is 109 Å². The molecule has 98 valence electrons. The van der Waals surface area contributed by atoms with Crippen molar-refractivity contribution < 1.29 is 9.72 Å². The van der Waals surface area contributed by atoms with Crippen LogP contribution in [0.2, 0.25) is 5.02 Å². The van der Waals surface area contributed by atoms with Crippen molar-refractivity contribution in [2.75, 3.05) is 11.9 Å². The summed E-state index contributed by atoms with van der Waals surface area (Å²) in [5, 5.41) is 13.2. The molecule has 0 heterocycles. The molecule has 18 heavy (non-hydrogen) atoms. The predicted octanol–water partition coefficient (Wildman–Crippen LogP) is 2.17. The Morgan fingerprint density at radius 3 is 2.78 bits per heavy atom. The van der Waals surface area contributed by atoms with Gasteiger partial charge >= 0.3 is 0 Å². The van der Waals surface area contributed by atoms with E-state index in [0.29, 0.717) is 18.7 Å². The van der Waals surface area contributed by atoms with Crippen LogP contribution >= 0.6 is 11.6 Å². The molecule has 0 fully saturated rings. The third-order valence-corrected chi connectivity index (χ3v) is 2.67. The van der Waals surface area contributed by atoms with Gasteiger partial charge in [0.1, 0.15) is 5.02 Å². The molecule has 3 N–H and O–H groups in total. The van der Waals surface area contributed by atoms with Crippen LogP contribution in [0, 0.1) is 16.0 Å². The number of nitrogens with two attached hydrogens (primary N) is 1. The van der Waals surface area contributed by atoms with Crippen LogP contribution in [0.25, 0.3) is 0 Å². The predicted molar refractivity (Wildman–Crippen MR) is 69.6 cm³/mol. The zero-order valence-electron chi connectivity index (χ0n) is 9.85. The molecule has 0 saturated carbocycles. The van der Waals surface area contributed by atoms with Crippen molar-refractivity contribution in [1.82, 2.24) is 0 Å². The lowest BCUT2D eigenvalue weighted by atomic mass is 10.1. The summed E-state index contributed by atoms with van der Waals surface area (Å²) in [5.74, 6) is -0.114. The Hall–Kier alpha value is -1.66. The Kier molecular flexibility index (Phi) is 5.06. The lowest BCUT2D eigenvalue weighted by Crippen LogP contribution is -2.20. The number of nitro groups is 1. The van der Waals surface area contributed by atoms with Crippen molar-refractivity contribution in [2.45, 2.75) is 13.3 Å². The fourth-order valence-electron chi connectivity index (χ4n) is 1.34. The molecule has 0 aliphatic carbocycles. The van der Waals surface area contributed by atoms with E-state index in [1.54, 1.807) is 0 Å². The van der Waals surface area contributed by atoms with Gasteiger partial charge in [0.05, 0.1) is 4.92 Å². The number of nitro benzene ring substituents is 1. The van der Waals surface area contributed by atoms with Gasteiger partial charge in [-0.1, -0.05) is 18.5 Å². The van der Waals surface area contributed by atoms with Crippen molar-refractivity contribution in [3.8, 4) is 0 Å². The maximum absolute atomic E-state index is 11.6. The number of benzene rings is 1. The van der Waals surface area contributed by atoms with Gasteiger partial charge < -0.3 is 11.1 Å². The highest BCUT2D eigenvalue weighted by Gasteiger charge is 2.13. The van der Waals surface area contributed by atoms with E-state index in [-0.39, 0.29) is 22.5 Å². The smallest absolute Gasteiger partial charge is 0.288 e. The maximum atomic E-state index is 11.6. The van der Waals surface area contributed by atoms with E-state index >= 15 is 0 Å². The highest BCUT2D eigenvalue weighted by atomic mass is 35.5. The Bertz CT molecular complexity index is 465. The molecule has 0 bridgehead atoms. The van der Waals surface area contributed by atoms with E-state index in [1.165, 1.54) is 18.2 Å². The second-order valence-electron chi connectivity index (χ2n) is 4.02. The van der Waals surface area contributed by atoms with Gasteiger partial charge in [-0.15, -0.1) is 0 Å². The van der Waals surface area contributed by atoms with Crippen molar-refractivity contribution in [2.24, 2.45) is 11.7 Å². The molecule has 0 aliphatic heterocycles. The van der Waals surface area contributed by atoms with E-state index in [9.17, 15) is 14.9 Å². The summed E-state index contributed by atoms with van der Waals surface area (Å²) in [7, 11) is 0. The molecule has 1 atom stereocenters. The lowest BCUT2D eigenvalue weighted by Gasteiger charge is -2.09. The van der Waals surface area contributed by atoms with Gasteiger partial charge in [-0.25, -0.2) is 0 Å². The van der Waals surface area contributed by atoms with Gasteiger partial charge in [-0.2, -0.15) is 0 Å². The average molecular weight is 272 g/mol. The summed E-state index contributed by atoms with van der Waals surface area (Å²) in [4.78, 5) is 21.5. The van der Waals surface area contributed by atoms with Crippen molar-refractivity contribution >= 4 is 28.9 Å². The summed E-state index contributed by atoms with van der Waals surface area (Å²) in [6.07, 6.45) is 0.297. The van der Waals surface area contributed by atoms with E-state index in [2.05, 4.69) is 5.32 Å². The summed E-state index contributed by atoms with van der Waals surface area (Å²) >= 11 is 5.73. The van der Waals surface area contributed by atoms with Gasteiger partial charge in [0, 0.05) is 18.2 Å². The monoisotopic (exact) mass is 271 g/mol. The van der Waals surface area contributed by atoms with Crippen LogP contribution < -0.4 is 11.1 Å². The highest BCUT2D eigenvalue weighted by Crippen LogP contribution is 2.27. The SMILES string of the molecule is CC(CN)CC(=O)Nc1ccc([N+](=O)[O-])c(Cl)c1. The number of anilines is 1. The molecule has 1 aromatic rings. The fourth-order valence-corrected chi connectivity index (χ4v) is 1.59. The number of halogens is 1. The molecule has 0 spiro atoms. The topological polar surface area (TPSA) is 98.3 Å². The Balaban J connectivity index is 2.72. The second kappa shape index (κ2) is 6.32. The molecular weight excluding hydrogens is 258 g/mol. The molecular formula is C11H14ClN3O3. The van der Waals surface area contributed by atoms with Gasteiger partial charge in [-0.3, -0.25) is 14.9 Å². The first-order valence-corrected chi connectivity index (χ1v) is 5.75. The van der Waals surface area contributed by atoms with Gasteiger partial charge in [0.25, 0.3) is 5.69 Å². The number of amides is 1. The molecule has 7 heteroatoms. The van der Waals surface area contributed by atoms with E-state index in [4.69, 9.17) is 17.3 Å². The minimum atomic E-state index is -0.579. The van der Waals surface area contributed by atoms with Crippen molar-refractivity contribution in [1.29, 1.82) is 0 Å².